The van der Waals surface area contributed by atoms with E-state index in [2.05, 4.69) is 5.32 Å². The van der Waals surface area contributed by atoms with Gasteiger partial charge in [-0.15, -0.1) is 0 Å². The molecule has 0 aliphatic rings. The molecule has 124 valence electrons. The fourth-order valence-corrected chi connectivity index (χ4v) is 1.60. The number of alkyl carbamates (subject to hydrolysis) is 1. The third-order valence-corrected chi connectivity index (χ3v) is 2.63. The molecule has 0 aromatic heterocycles. The van der Waals surface area contributed by atoms with Gasteiger partial charge in [-0.3, -0.25) is 9.59 Å². The molecule has 1 aromatic carbocycles. The van der Waals surface area contributed by atoms with Crippen LogP contribution in [0, 0.1) is 0 Å². The van der Waals surface area contributed by atoms with Crippen LogP contribution in [0.2, 0.25) is 0 Å². The maximum atomic E-state index is 11.7. The Bertz CT molecular complexity index is 575. The van der Waals surface area contributed by atoms with Crippen molar-refractivity contribution in [3.63, 3.8) is 0 Å². The number of primary amides is 1. The van der Waals surface area contributed by atoms with Gasteiger partial charge in [-0.25, -0.2) is 4.79 Å². The average Bonchev–Trinajstić information content (AvgIpc) is 2.50. The highest BCUT2D eigenvalue weighted by Crippen LogP contribution is 2.01. The lowest BCUT2D eigenvalue weighted by Crippen LogP contribution is -2.50. The highest BCUT2D eigenvalue weighted by molar-refractivity contribution is 5.91. The number of carbonyl (C=O) groups excluding carboxylic acids is 4. The fraction of sp³-hybridized carbons (Fsp3) is 0.286. The summed E-state index contributed by atoms with van der Waals surface area (Å²) in [5.74, 6) is -3.24. The highest BCUT2D eigenvalue weighted by Gasteiger charge is 2.23. The van der Waals surface area contributed by atoms with Gasteiger partial charge in [-0.05, 0) is 5.56 Å². The van der Waals surface area contributed by atoms with Gasteiger partial charge in [-0.1, -0.05) is 30.3 Å². The number of hydrogen-bond acceptors (Lipinski definition) is 6. The van der Waals surface area contributed by atoms with Gasteiger partial charge in [0.05, 0.1) is 18.9 Å². The predicted octanol–water partition coefficient (Wildman–Crippen LogP) is -1.98. The summed E-state index contributed by atoms with van der Waals surface area (Å²) in [5.41, 5.74) is 5.72. The number of carboxylic acid groups (broad SMARTS) is 1. The van der Waals surface area contributed by atoms with E-state index in [0.717, 1.165) is 5.56 Å². The van der Waals surface area contributed by atoms with Crippen molar-refractivity contribution in [1.82, 2.24) is 10.6 Å². The van der Waals surface area contributed by atoms with Crippen LogP contribution in [0.15, 0.2) is 30.3 Å². The molecule has 1 rings (SSSR count). The second-order valence-corrected chi connectivity index (χ2v) is 4.52. The lowest BCUT2D eigenvalue weighted by atomic mass is 10.2. The first-order chi connectivity index (χ1) is 10.9. The maximum Gasteiger partial charge on any atom is 0.408 e. The van der Waals surface area contributed by atoms with Crippen LogP contribution in [0.4, 0.5) is 4.79 Å². The summed E-state index contributed by atoms with van der Waals surface area (Å²) in [6.45, 7) is -0.786. The number of amides is 3. The molecule has 0 fully saturated rings. The Hall–Kier alpha value is -3.10. The third kappa shape index (κ3) is 7.46. The van der Waals surface area contributed by atoms with Crippen LogP contribution in [-0.4, -0.2) is 36.5 Å². The Balaban J connectivity index is 2.54. The SMILES string of the molecule is NC(=O)CC(NC(=O)OCc1ccccc1)C(=O)NCC(=O)[O-]. The molecule has 9 heteroatoms. The van der Waals surface area contributed by atoms with E-state index in [1.807, 2.05) is 5.32 Å². The lowest BCUT2D eigenvalue weighted by Gasteiger charge is -2.17. The minimum atomic E-state index is -1.51. The van der Waals surface area contributed by atoms with E-state index in [1.54, 1.807) is 30.3 Å². The molecule has 0 saturated heterocycles. The Morgan fingerprint density at radius 3 is 2.39 bits per heavy atom. The summed E-state index contributed by atoms with van der Waals surface area (Å²) in [4.78, 5) is 44.6. The first-order valence-corrected chi connectivity index (χ1v) is 6.61. The summed E-state index contributed by atoms with van der Waals surface area (Å²) in [6, 6.07) is 7.46. The summed E-state index contributed by atoms with van der Waals surface area (Å²) in [5, 5.41) is 14.4. The first kappa shape index (κ1) is 18.0. The van der Waals surface area contributed by atoms with E-state index in [0.29, 0.717) is 0 Å². The fourth-order valence-electron chi connectivity index (χ4n) is 1.60. The Kier molecular flexibility index (Phi) is 7.05. The van der Waals surface area contributed by atoms with Crippen molar-refractivity contribution in [2.75, 3.05) is 6.54 Å². The van der Waals surface area contributed by atoms with Crippen molar-refractivity contribution in [3.8, 4) is 0 Å². The van der Waals surface area contributed by atoms with Gasteiger partial charge in [0, 0.05) is 0 Å². The normalized spacial score (nSPS) is 11.1. The quantitative estimate of drug-likeness (QED) is 0.505. The van der Waals surface area contributed by atoms with Crippen LogP contribution >= 0.6 is 0 Å². The van der Waals surface area contributed by atoms with E-state index in [-0.39, 0.29) is 6.61 Å². The minimum Gasteiger partial charge on any atom is -0.548 e. The number of nitrogens with two attached hydrogens (primary N) is 1. The first-order valence-electron chi connectivity index (χ1n) is 6.61. The second kappa shape index (κ2) is 9.03. The number of rotatable bonds is 8. The van der Waals surface area contributed by atoms with Gasteiger partial charge in [0.25, 0.3) is 0 Å². The van der Waals surface area contributed by atoms with E-state index in [4.69, 9.17) is 10.5 Å². The van der Waals surface area contributed by atoms with Crippen molar-refractivity contribution in [2.45, 2.75) is 19.1 Å². The summed E-state index contributed by atoms with van der Waals surface area (Å²) < 4.78 is 4.91. The Morgan fingerprint density at radius 2 is 1.83 bits per heavy atom. The predicted molar refractivity (Wildman–Crippen MR) is 75.4 cm³/mol. The minimum absolute atomic E-state index is 0.0311. The molecule has 4 N–H and O–H groups in total. The number of hydrogen-bond donors (Lipinski definition) is 3. The number of carbonyl (C=O) groups is 4. The zero-order chi connectivity index (χ0) is 17.2. The van der Waals surface area contributed by atoms with E-state index in [9.17, 15) is 24.3 Å². The highest BCUT2D eigenvalue weighted by atomic mass is 16.5. The molecule has 0 spiro atoms. The van der Waals surface area contributed by atoms with Gasteiger partial charge in [0.15, 0.2) is 0 Å². The summed E-state index contributed by atoms with van der Waals surface area (Å²) in [7, 11) is 0. The number of nitrogens with one attached hydrogen (secondary N) is 2. The van der Waals surface area contributed by atoms with E-state index in [1.165, 1.54) is 0 Å². The van der Waals surface area contributed by atoms with E-state index >= 15 is 0 Å². The molecule has 0 bridgehead atoms. The number of aliphatic carboxylic acids is 1. The van der Waals surface area contributed by atoms with Gasteiger partial charge in [0.2, 0.25) is 11.8 Å². The molecule has 0 aliphatic heterocycles. The van der Waals surface area contributed by atoms with Crippen LogP contribution in [0.5, 0.6) is 0 Å². The molecule has 0 saturated carbocycles. The van der Waals surface area contributed by atoms with Crippen LogP contribution in [0.3, 0.4) is 0 Å². The topological polar surface area (TPSA) is 151 Å². The van der Waals surface area contributed by atoms with E-state index < -0.39 is 42.9 Å². The van der Waals surface area contributed by atoms with Crippen molar-refractivity contribution in [1.29, 1.82) is 0 Å². The molecule has 1 atom stereocenters. The molecule has 1 unspecified atom stereocenters. The summed E-state index contributed by atoms with van der Waals surface area (Å²) in [6.07, 6.45) is -1.44. The van der Waals surface area contributed by atoms with Gasteiger partial charge >= 0.3 is 6.09 Å². The van der Waals surface area contributed by atoms with Crippen LogP contribution in [0.1, 0.15) is 12.0 Å². The van der Waals surface area contributed by atoms with Crippen molar-refractivity contribution < 1.29 is 29.0 Å². The third-order valence-electron chi connectivity index (χ3n) is 2.63. The van der Waals surface area contributed by atoms with Gasteiger partial charge < -0.3 is 31.0 Å². The molecule has 0 radical (unpaired) electrons. The molecular weight excluding hydrogens is 306 g/mol. The number of carboxylic acids is 1. The van der Waals surface area contributed by atoms with Crippen LogP contribution in [-0.2, 0) is 25.7 Å². The number of ether oxygens (including phenoxy) is 1. The smallest absolute Gasteiger partial charge is 0.408 e. The molecular formula is C14H16N3O6-. The van der Waals surface area contributed by atoms with Gasteiger partial charge in [-0.2, -0.15) is 0 Å². The zero-order valence-corrected chi connectivity index (χ0v) is 12.1. The molecule has 3 amide bonds. The molecule has 0 aliphatic carbocycles. The van der Waals surface area contributed by atoms with Crippen LogP contribution < -0.4 is 21.5 Å². The largest absolute Gasteiger partial charge is 0.548 e. The van der Waals surface area contributed by atoms with Crippen molar-refractivity contribution >= 4 is 23.9 Å². The maximum absolute atomic E-state index is 11.7. The monoisotopic (exact) mass is 322 g/mol. The molecule has 9 nitrogen and oxygen atoms in total. The Morgan fingerprint density at radius 1 is 1.17 bits per heavy atom. The average molecular weight is 322 g/mol. The lowest BCUT2D eigenvalue weighted by molar-refractivity contribution is -0.304. The summed E-state index contributed by atoms with van der Waals surface area (Å²) >= 11 is 0. The number of benzene rings is 1. The Labute approximate surface area is 131 Å². The van der Waals surface area contributed by atoms with Crippen molar-refractivity contribution in [3.05, 3.63) is 35.9 Å². The molecule has 23 heavy (non-hydrogen) atoms. The van der Waals surface area contributed by atoms with Crippen LogP contribution in [0.25, 0.3) is 0 Å². The standard InChI is InChI=1S/C14H17N3O6/c15-11(18)6-10(13(21)16-7-12(19)20)17-14(22)23-8-9-4-2-1-3-5-9/h1-5,10H,6-8H2,(H2,15,18)(H,16,21)(H,17,22)(H,19,20)/p-1. The van der Waals surface area contributed by atoms with Gasteiger partial charge in [0.1, 0.15) is 12.6 Å². The zero-order valence-electron chi connectivity index (χ0n) is 12.1. The molecule has 1 aromatic rings. The second-order valence-electron chi connectivity index (χ2n) is 4.52. The molecule has 0 heterocycles. The van der Waals surface area contributed by atoms with Crippen molar-refractivity contribution in [2.24, 2.45) is 5.73 Å².